The molecule has 6 rings (SSSR count). The molecule has 0 spiro atoms. The predicted molar refractivity (Wildman–Crippen MR) is 94.1 cm³/mol. The summed E-state index contributed by atoms with van der Waals surface area (Å²) in [5.41, 5.74) is -0.0748. The molecule has 1 N–H and O–H groups in total. The van der Waals surface area contributed by atoms with Crippen LogP contribution in [0.1, 0.15) is 53.9 Å². The summed E-state index contributed by atoms with van der Waals surface area (Å²) in [5, 5.41) is 12.5. The van der Waals surface area contributed by atoms with Gasteiger partial charge in [0.25, 0.3) is 5.91 Å². The van der Waals surface area contributed by atoms with Crippen molar-refractivity contribution in [1.29, 1.82) is 0 Å². The maximum absolute atomic E-state index is 13.8. The molecular weight excluding hydrogens is 356 g/mol. The Labute approximate surface area is 154 Å². The summed E-state index contributed by atoms with van der Waals surface area (Å²) in [5.74, 6) is 0.188. The molecule has 0 atom stereocenters. The van der Waals surface area contributed by atoms with Gasteiger partial charge in [0.2, 0.25) is 5.13 Å². The summed E-state index contributed by atoms with van der Waals surface area (Å²) >= 11 is 1.40. The molecule has 0 saturated heterocycles. The fourth-order valence-corrected chi connectivity index (χ4v) is 6.66. The summed E-state index contributed by atoms with van der Waals surface area (Å²) in [6, 6.07) is 2.91. The van der Waals surface area contributed by atoms with Crippen LogP contribution in [0.15, 0.2) is 18.2 Å². The predicted octanol–water partition coefficient (Wildman–Crippen LogP) is 4.54. The van der Waals surface area contributed by atoms with Crippen LogP contribution >= 0.6 is 11.3 Å². The quantitative estimate of drug-likeness (QED) is 0.857. The van der Waals surface area contributed by atoms with E-state index in [0.717, 1.165) is 34.9 Å². The third-order valence-corrected chi connectivity index (χ3v) is 7.40. The Bertz CT molecular complexity index is 846. The van der Waals surface area contributed by atoms with Gasteiger partial charge in [0, 0.05) is 11.5 Å². The first-order valence-electron chi connectivity index (χ1n) is 9.11. The number of amides is 1. The van der Waals surface area contributed by atoms with Gasteiger partial charge in [-0.3, -0.25) is 10.1 Å². The third-order valence-electron chi connectivity index (χ3n) is 6.31. The minimum Gasteiger partial charge on any atom is -0.296 e. The highest BCUT2D eigenvalue weighted by atomic mass is 32.1. The second-order valence-corrected chi connectivity index (χ2v) is 9.17. The molecule has 0 radical (unpaired) electrons. The minimum absolute atomic E-state index is 0.122. The molecule has 26 heavy (non-hydrogen) atoms. The SMILES string of the molecule is O=C(Nc1nnc(C23CC4CC(CC(C4)C2)C3)s1)c1ccc(F)cc1F. The highest BCUT2D eigenvalue weighted by molar-refractivity contribution is 7.15. The van der Waals surface area contributed by atoms with Crippen molar-refractivity contribution in [3.05, 3.63) is 40.4 Å². The van der Waals surface area contributed by atoms with E-state index in [0.29, 0.717) is 11.2 Å². The number of hydrogen-bond acceptors (Lipinski definition) is 4. The summed E-state index contributed by atoms with van der Waals surface area (Å²) < 4.78 is 26.8. The molecule has 1 amide bonds. The first-order chi connectivity index (χ1) is 12.5. The smallest absolute Gasteiger partial charge is 0.260 e. The van der Waals surface area contributed by atoms with E-state index >= 15 is 0 Å². The second kappa shape index (κ2) is 5.81. The van der Waals surface area contributed by atoms with Crippen LogP contribution in [0.4, 0.5) is 13.9 Å². The molecule has 2 aromatic rings. The normalized spacial score (nSPS) is 32.0. The maximum Gasteiger partial charge on any atom is 0.260 e. The van der Waals surface area contributed by atoms with Crippen LogP contribution in [-0.2, 0) is 5.41 Å². The Hall–Kier alpha value is -1.89. The van der Waals surface area contributed by atoms with E-state index in [1.54, 1.807) is 0 Å². The van der Waals surface area contributed by atoms with Crippen LogP contribution in [-0.4, -0.2) is 16.1 Å². The zero-order valence-corrected chi connectivity index (χ0v) is 15.0. The van der Waals surface area contributed by atoms with Crippen molar-refractivity contribution in [1.82, 2.24) is 10.2 Å². The van der Waals surface area contributed by atoms with Crippen LogP contribution in [0.25, 0.3) is 0 Å². The number of nitrogens with one attached hydrogen (secondary N) is 1. The van der Waals surface area contributed by atoms with Crippen molar-refractivity contribution in [2.45, 2.75) is 43.9 Å². The van der Waals surface area contributed by atoms with Crippen molar-refractivity contribution < 1.29 is 13.6 Å². The lowest BCUT2D eigenvalue weighted by molar-refractivity contribution is -0.00555. The number of nitrogens with zero attached hydrogens (tertiary/aromatic N) is 2. The van der Waals surface area contributed by atoms with Crippen molar-refractivity contribution in [3.63, 3.8) is 0 Å². The molecule has 1 aromatic carbocycles. The van der Waals surface area contributed by atoms with E-state index in [9.17, 15) is 13.6 Å². The van der Waals surface area contributed by atoms with Crippen LogP contribution in [0.3, 0.4) is 0 Å². The Morgan fingerprint density at radius 3 is 2.35 bits per heavy atom. The number of anilines is 1. The number of aromatic nitrogens is 2. The summed E-state index contributed by atoms with van der Waals surface area (Å²) in [6.07, 6.45) is 7.58. The minimum atomic E-state index is -0.881. The van der Waals surface area contributed by atoms with Crippen LogP contribution in [0, 0.1) is 29.4 Å². The highest BCUT2D eigenvalue weighted by Gasteiger charge is 2.53. The summed E-state index contributed by atoms with van der Waals surface area (Å²) in [7, 11) is 0. The highest BCUT2D eigenvalue weighted by Crippen LogP contribution is 2.61. The van der Waals surface area contributed by atoms with Gasteiger partial charge in [-0.1, -0.05) is 11.3 Å². The van der Waals surface area contributed by atoms with Gasteiger partial charge in [-0.25, -0.2) is 8.78 Å². The average molecular weight is 375 g/mol. The number of hydrogen-bond donors (Lipinski definition) is 1. The van der Waals surface area contributed by atoms with Crippen LogP contribution in [0.2, 0.25) is 0 Å². The fraction of sp³-hybridized carbons (Fsp3) is 0.526. The largest absolute Gasteiger partial charge is 0.296 e. The standard InChI is InChI=1S/C19H19F2N3OS/c20-13-1-2-14(15(21)6-13)16(25)22-18-24-23-17(26-18)19-7-10-3-11(8-19)5-12(4-10)9-19/h1-2,6,10-12H,3-5,7-9H2,(H,22,24,25). The molecule has 1 heterocycles. The molecule has 4 bridgehead atoms. The van der Waals surface area contributed by atoms with E-state index in [-0.39, 0.29) is 11.0 Å². The second-order valence-electron chi connectivity index (χ2n) is 8.19. The Balaban J connectivity index is 1.37. The molecule has 7 heteroatoms. The van der Waals surface area contributed by atoms with Gasteiger partial charge in [0.05, 0.1) is 5.56 Å². The molecule has 0 aliphatic heterocycles. The van der Waals surface area contributed by atoms with E-state index in [1.165, 1.54) is 49.9 Å². The van der Waals surface area contributed by atoms with Crippen molar-refractivity contribution in [3.8, 4) is 0 Å². The lowest BCUT2D eigenvalue weighted by atomic mass is 9.50. The number of halogens is 2. The number of benzene rings is 1. The molecule has 4 fully saturated rings. The van der Waals surface area contributed by atoms with E-state index < -0.39 is 17.5 Å². The fourth-order valence-electron chi connectivity index (χ4n) is 5.70. The first kappa shape index (κ1) is 16.3. The maximum atomic E-state index is 13.8. The zero-order valence-electron chi connectivity index (χ0n) is 14.2. The lowest BCUT2D eigenvalue weighted by Crippen LogP contribution is -2.48. The molecule has 136 valence electrons. The Morgan fingerprint density at radius 2 is 1.73 bits per heavy atom. The third kappa shape index (κ3) is 2.64. The number of carbonyl (C=O) groups is 1. The van der Waals surface area contributed by atoms with E-state index in [2.05, 4.69) is 15.5 Å². The van der Waals surface area contributed by atoms with Crippen molar-refractivity contribution in [2.24, 2.45) is 17.8 Å². The Kier molecular flexibility index (Phi) is 3.64. The molecular formula is C19H19F2N3OS. The van der Waals surface area contributed by atoms with Crippen LogP contribution in [0.5, 0.6) is 0 Å². The number of carbonyl (C=O) groups excluding carboxylic acids is 1. The van der Waals surface area contributed by atoms with Gasteiger partial charge in [0.1, 0.15) is 16.6 Å². The molecule has 4 saturated carbocycles. The summed E-state index contributed by atoms with van der Waals surface area (Å²) in [4.78, 5) is 12.3. The molecule has 4 nitrogen and oxygen atoms in total. The molecule has 4 aliphatic rings. The average Bonchev–Trinajstić information content (AvgIpc) is 3.02. The van der Waals surface area contributed by atoms with E-state index in [4.69, 9.17) is 0 Å². The topological polar surface area (TPSA) is 54.9 Å². The van der Waals surface area contributed by atoms with Gasteiger partial charge in [0.15, 0.2) is 0 Å². The monoisotopic (exact) mass is 375 g/mol. The summed E-state index contributed by atoms with van der Waals surface area (Å²) in [6.45, 7) is 0. The lowest BCUT2D eigenvalue weighted by Gasteiger charge is -2.55. The van der Waals surface area contributed by atoms with E-state index in [1.807, 2.05) is 0 Å². The first-order valence-corrected chi connectivity index (χ1v) is 9.93. The molecule has 1 aromatic heterocycles. The van der Waals surface area contributed by atoms with Gasteiger partial charge >= 0.3 is 0 Å². The Morgan fingerprint density at radius 1 is 1.08 bits per heavy atom. The van der Waals surface area contributed by atoms with Gasteiger partial charge in [-0.15, -0.1) is 10.2 Å². The van der Waals surface area contributed by atoms with Crippen LogP contribution < -0.4 is 5.32 Å². The van der Waals surface area contributed by atoms with Crippen molar-refractivity contribution in [2.75, 3.05) is 5.32 Å². The molecule has 4 aliphatic carbocycles. The van der Waals surface area contributed by atoms with Gasteiger partial charge < -0.3 is 0 Å². The van der Waals surface area contributed by atoms with Crippen molar-refractivity contribution >= 4 is 22.4 Å². The molecule has 0 unspecified atom stereocenters. The van der Waals surface area contributed by atoms with Gasteiger partial charge in [-0.2, -0.15) is 0 Å². The van der Waals surface area contributed by atoms with Gasteiger partial charge in [-0.05, 0) is 68.4 Å². The number of rotatable bonds is 3. The zero-order chi connectivity index (χ0) is 17.9.